The van der Waals surface area contributed by atoms with Crippen molar-refractivity contribution in [3.8, 4) is 0 Å². The van der Waals surface area contributed by atoms with Crippen molar-refractivity contribution >= 4 is 31.9 Å². The van der Waals surface area contributed by atoms with Gasteiger partial charge in [-0.2, -0.15) is 0 Å². The number of pyridine rings is 1. The fourth-order valence-electron chi connectivity index (χ4n) is 0.875. The number of nitrogens with one attached hydrogen (secondary N) is 1. The SMILES string of the molecule is C=C(Br)CNCc1cccc(Br)n1. The van der Waals surface area contributed by atoms with Gasteiger partial charge in [-0.15, -0.1) is 0 Å². The van der Waals surface area contributed by atoms with Crippen molar-refractivity contribution in [3.05, 3.63) is 39.6 Å². The first-order valence-corrected chi connectivity index (χ1v) is 5.42. The first-order chi connectivity index (χ1) is 6.18. The zero-order chi connectivity index (χ0) is 9.68. The molecule has 4 heteroatoms. The van der Waals surface area contributed by atoms with Crippen molar-refractivity contribution in [1.82, 2.24) is 10.3 Å². The van der Waals surface area contributed by atoms with E-state index in [-0.39, 0.29) is 0 Å². The fourth-order valence-corrected chi connectivity index (χ4v) is 1.45. The van der Waals surface area contributed by atoms with Gasteiger partial charge in [-0.3, -0.25) is 0 Å². The van der Waals surface area contributed by atoms with Crippen molar-refractivity contribution in [2.75, 3.05) is 6.54 Å². The summed E-state index contributed by atoms with van der Waals surface area (Å²) in [6.45, 7) is 5.24. The second kappa shape index (κ2) is 5.52. The molecule has 0 saturated carbocycles. The number of rotatable bonds is 4. The number of halogens is 2. The molecule has 0 aliphatic heterocycles. The zero-order valence-corrected chi connectivity index (χ0v) is 10.2. The van der Waals surface area contributed by atoms with Crippen LogP contribution in [0, 0.1) is 0 Å². The minimum atomic E-state index is 0.754. The third kappa shape index (κ3) is 4.55. The summed E-state index contributed by atoms with van der Waals surface area (Å²) < 4.78 is 1.81. The molecule has 0 aromatic carbocycles. The van der Waals surface area contributed by atoms with Gasteiger partial charge in [-0.25, -0.2) is 4.98 Å². The lowest BCUT2D eigenvalue weighted by Gasteiger charge is -2.02. The molecule has 0 saturated heterocycles. The van der Waals surface area contributed by atoms with E-state index in [9.17, 15) is 0 Å². The smallest absolute Gasteiger partial charge is 0.106 e. The van der Waals surface area contributed by atoms with Gasteiger partial charge in [-0.05, 0) is 28.1 Å². The van der Waals surface area contributed by atoms with Gasteiger partial charge in [0, 0.05) is 17.6 Å². The van der Waals surface area contributed by atoms with Gasteiger partial charge in [-0.1, -0.05) is 28.6 Å². The van der Waals surface area contributed by atoms with Gasteiger partial charge in [0.2, 0.25) is 0 Å². The van der Waals surface area contributed by atoms with Gasteiger partial charge < -0.3 is 5.32 Å². The summed E-state index contributed by atoms with van der Waals surface area (Å²) in [4.78, 5) is 4.28. The third-order valence-corrected chi connectivity index (χ3v) is 2.12. The van der Waals surface area contributed by atoms with Crippen LogP contribution in [0.5, 0.6) is 0 Å². The highest BCUT2D eigenvalue weighted by Gasteiger charge is 1.94. The van der Waals surface area contributed by atoms with Gasteiger partial charge in [0.05, 0.1) is 5.69 Å². The molecule has 0 aliphatic rings. The number of hydrogen-bond acceptors (Lipinski definition) is 2. The van der Waals surface area contributed by atoms with E-state index in [2.05, 4.69) is 48.7 Å². The molecular weight excluding hydrogens is 296 g/mol. The van der Waals surface area contributed by atoms with Crippen LogP contribution in [0.15, 0.2) is 33.9 Å². The van der Waals surface area contributed by atoms with Gasteiger partial charge in [0.15, 0.2) is 0 Å². The van der Waals surface area contributed by atoms with Crippen LogP contribution >= 0.6 is 31.9 Å². The maximum Gasteiger partial charge on any atom is 0.106 e. The quantitative estimate of drug-likeness (QED) is 0.865. The van der Waals surface area contributed by atoms with Gasteiger partial charge in [0.1, 0.15) is 4.60 Å². The molecule has 0 amide bonds. The van der Waals surface area contributed by atoms with Crippen LogP contribution in [-0.2, 0) is 6.54 Å². The molecule has 0 aliphatic carbocycles. The van der Waals surface area contributed by atoms with E-state index in [1.165, 1.54) is 0 Å². The second-order valence-electron chi connectivity index (χ2n) is 2.57. The maximum atomic E-state index is 4.28. The molecular formula is C9H10Br2N2. The Morgan fingerprint density at radius 2 is 2.31 bits per heavy atom. The van der Waals surface area contributed by atoms with E-state index in [4.69, 9.17) is 0 Å². The topological polar surface area (TPSA) is 24.9 Å². The van der Waals surface area contributed by atoms with E-state index in [0.717, 1.165) is 27.9 Å². The molecule has 1 aromatic heterocycles. The van der Waals surface area contributed by atoms with Crippen molar-refractivity contribution in [2.24, 2.45) is 0 Å². The Morgan fingerprint density at radius 1 is 1.54 bits per heavy atom. The van der Waals surface area contributed by atoms with E-state index in [0.29, 0.717) is 0 Å². The van der Waals surface area contributed by atoms with Crippen molar-refractivity contribution in [2.45, 2.75) is 6.54 Å². The Morgan fingerprint density at radius 3 is 2.92 bits per heavy atom. The fraction of sp³-hybridized carbons (Fsp3) is 0.222. The lowest BCUT2D eigenvalue weighted by atomic mass is 10.3. The number of nitrogens with zero attached hydrogens (tertiary/aromatic N) is 1. The Balaban J connectivity index is 2.41. The highest BCUT2D eigenvalue weighted by atomic mass is 79.9. The van der Waals surface area contributed by atoms with Crippen LogP contribution in [0.2, 0.25) is 0 Å². The molecule has 13 heavy (non-hydrogen) atoms. The molecule has 70 valence electrons. The molecule has 0 atom stereocenters. The molecule has 0 fully saturated rings. The Labute approximate surface area is 94.7 Å². The Bertz CT molecular complexity index is 299. The van der Waals surface area contributed by atoms with E-state index in [1.54, 1.807) is 0 Å². The van der Waals surface area contributed by atoms with Gasteiger partial charge >= 0.3 is 0 Å². The minimum Gasteiger partial charge on any atom is -0.307 e. The molecule has 1 aromatic rings. The van der Waals surface area contributed by atoms with Crippen LogP contribution in [-0.4, -0.2) is 11.5 Å². The zero-order valence-electron chi connectivity index (χ0n) is 7.06. The molecule has 1 heterocycles. The average molecular weight is 306 g/mol. The van der Waals surface area contributed by atoms with Crippen molar-refractivity contribution in [3.63, 3.8) is 0 Å². The third-order valence-electron chi connectivity index (χ3n) is 1.40. The van der Waals surface area contributed by atoms with E-state index >= 15 is 0 Å². The molecule has 0 unspecified atom stereocenters. The Hall–Kier alpha value is -0.190. The summed E-state index contributed by atoms with van der Waals surface area (Å²) in [6, 6.07) is 5.86. The number of hydrogen-bond donors (Lipinski definition) is 1. The molecule has 1 rings (SSSR count). The van der Waals surface area contributed by atoms with Crippen LogP contribution in [0.25, 0.3) is 0 Å². The molecule has 1 N–H and O–H groups in total. The molecule has 2 nitrogen and oxygen atoms in total. The largest absolute Gasteiger partial charge is 0.307 e. The van der Waals surface area contributed by atoms with Crippen LogP contribution in [0.3, 0.4) is 0 Å². The first-order valence-electron chi connectivity index (χ1n) is 3.84. The Kier molecular flexibility index (Phi) is 4.62. The van der Waals surface area contributed by atoms with Crippen LogP contribution in [0.1, 0.15) is 5.69 Å². The predicted octanol–water partition coefficient (Wildman–Crippen LogP) is 2.84. The number of aromatic nitrogens is 1. The molecule has 0 spiro atoms. The standard InChI is InChI=1S/C9H10Br2N2/c1-7(10)5-12-6-8-3-2-4-9(11)13-8/h2-4,12H,1,5-6H2. The average Bonchev–Trinajstić information content (AvgIpc) is 2.03. The summed E-state index contributed by atoms with van der Waals surface area (Å²) in [5, 5.41) is 3.20. The van der Waals surface area contributed by atoms with Crippen LogP contribution < -0.4 is 5.32 Å². The second-order valence-corrected chi connectivity index (χ2v) is 4.51. The highest BCUT2D eigenvalue weighted by Crippen LogP contribution is 2.06. The maximum absolute atomic E-state index is 4.28. The van der Waals surface area contributed by atoms with Crippen molar-refractivity contribution < 1.29 is 0 Å². The van der Waals surface area contributed by atoms with Crippen molar-refractivity contribution in [1.29, 1.82) is 0 Å². The highest BCUT2D eigenvalue weighted by molar-refractivity contribution is 9.11. The summed E-state index contributed by atoms with van der Waals surface area (Å²) in [5.41, 5.74) is 1.02. The normalized spacial score (nSPS) is 10.0. The summed E-state index contributed by atoms with van der Waals surface area (Å²) in [6.07, 6.45) is 0. The van der Waals surface area contributed by atoms with Gasteiger partial charge in [0.25, 0.3) is 0 Å². The molecule has 0 radical (unpaired) electrons. The molecule has 0 bridgehead atoms. The summed E-state index contributed by atoms with van der Waals surface area (Å²) >= 11 is 6.59. The predicted molar refractivity (Wildman–Crippen MR) is 61.7 cm³/mol. The first kappa shape index (κ1) is 10.9. The monoisotopic (exact) mass is 304 g/mol. The summed E-state index contributed by atoms with van der Waals surface area (Å²) in [5.74, 6) is 0. The minimum absolute atomic E-state index is 0.754. The summed E-state index contributed by atoms with van der Waals surface area (Å²) in [7, 11) is 0. The van der Waals surface area contributed by atoms with E-state index in [1.807, 2.05) is 18.2 Å². The van der Waals surface area contributed by atoms with Crippen LogP contribution in [0.4, 0.5) is 0 Å². The lowest BCUT2D eigenvalue weighted by molar-refractivity contribution is 0.736. The van der Waals surface area contributed by atoms with E-state index < -0.39 is 0 Å². The lowest BCUT2D eigenvalue weighted by Crippen LogP contribution is -2.15.